The Morgan fingerprint density at radius 2 is 2.15 bits per heavy atom. The number of carbonyl (C=O) groups excluding carboxylic acids is 1. The molecule has 2 rings (SSSR count). The second-order valence-electron chi connectivity index (χ2n) is 5.21. The summed E-state index contributed by atoms with van der Waals surface area (Å²) >= 11 is 9.35. The first-order valence-corrected chi connectivity index (χ1v) is 8.25. The Morgan fingerprint density at radius 1 is 1.45 bits per heavy atom. The van der Waals surface area contributed by atoms with E-state index in [9.17, 15) is 4.79 Å². The SMILES string of the molecule is CCCN1CCC(NC(=O)c2cc(Cl)ccc2Br)CC1. The molecule has 0 atom stereocenters. The molecular formula is C15H20BrClN2O. The Hall–Kier alpha value is -0.580. The molecule has 1 N–H and O–H groups in total. The average molecular weight is 360 g/mol. The van der Waals surface area contributed by atoms with Crippen molar-refractivity contribution in [2.45, 2.75) is 32.2 Å². The zero-order valence-corrected chi connectivity index (χ0v) is 14.0. The Labute approximate surface area is 133 Å². The van der Waals surface area contributed by atoms with Crippen molar-refractivity contribution in [1.82, 2.24) is 10.2 Å². The number of nitrogens with zero attached hydrogens (tertiary/aromatic N) is 1. The van der Waals surface area contributed by atoms with E-state index in [0.29, 0.717) is 10.6 Å². The first-order chi connectivity index (χ1) is 9.60. The number of benzene rings is 1. The summed E-state index contributed by atoms with van der Waals surface area (Å²) in [7, 11) is 0. The van der Waals surface area contributed by atoms with Crippen LogP contribution in [-0.4, -0.2) is 36.5 Å². The van der Waals surface area contributed by atoms with Gasteiger partial charge in [0, 0.05) is 28.6 Å². The van der Waals surface area contributed by atoms with Gasteiger partial charge in [0.1, 0.15) is 0 Å². The minimum atomic E-state index is -0.0479. The number of hydrogen-bond acceptors (Lipinski definition) is 2. The third-order valence-corrected chi connectivity index (χ3v) is 4.56. The third-order valence-electron chi connectivity index (χ3n) is 3.64. The molecule has 3 nitrogen and oxygen atoms in total. The highest BCUT2D eigenvalue weighted by atomic mass is 79.9. The summed E-state index contributed by atoms with van der Waals surface area (Å²) in [6.45, 7) is 5.48. The Bertz CT molecular complexity index is 473. The van der Waals surface area contributed by atoms with E-state index in [-0.39, 0.29) is 11.9 Å². The van der Waals surface area contributed by atoms with E-state index in [1.807, 2.05) is 0 Å². The molecule has 0 saturated carbocycles. The molecule has 1 aromatic rings. The van der Waals surface area contributed by atoms with Gasteiger partial charge in [-0.15, -0.1) is 0 Å². The molecule has 0 bridgehead atoms. The zero-order chi connectivity index (χ0) is 14.5. The maximum atomic E-state index is 12.3. The second-order valence-corrected chi connectivity index (χ2v) is 6.50. The molecule has 20 heavy (non-hydrogen) atoms. The van der Waals surface area contributed by atoms with Gasteiger partial charge in [-0.05, 0) is 59.9 Å². The molecule has 0 unspecified atom stereocenters. The van der Waals surface area contributed by atoms with E-state index in [4.69, 9.17) is 11.6 Å². The van der Waals surface area contributed by atoms with Crippen molar-refractivity contribution in [3.05, 3.63) is 33.3 Å². The summed E-state index contributed by atoms with van der Waals surface area (Å²) in [6, 6.07) is 5.54. The topological polar surface area (TPSA) is 32.3 Å². The lowest BCUT2D eigenvalue weighted by molar-refractivity contribution is 0.0910. The summed E-state index contributed by atoms with van der Waals surface area (Å²) in [5.41, 5.74) is 0.605. The Balaban J connectivity index is 1.91. The van der Waals surface area contributed by atoms with Crippen LogP contribution in [0.15, 0.2) is 22.7 Å². The summed E-state index contributed by atoms with van der Waals surface area (Å²) in [6.07, 6.45) is 3.22. The van der Waals surface area contributed by atoms with Gasteiger partial charge in [-0.3, -0.25) is 4.79 Å². The molecule has 1 aromatic carbocycles. The smallest absolute Gasteiger partial charge is 0.252 e. The van der Waals surface area contributed by atoms with Gasteiger partial charge in [0.2, 0.25) is 0 Å². The van der Waals surface area contributed by atoms with E-state index < -0.39 is 0 Å². The van der Waals surface area contributed by atoms with Gasteiger partial charge in [-0.2, -0.15) is 0 Å². The fourth-order valence-electron chi connectivity index (χ4n) is 2.55. The quantitative estimate of drug-likeness (QED) is 0.889. The van der Waals surface area contributed by atoms with Gasteiger partial charge in [-0.1, -0.05) is 18.5 Å². The molecule has 5 heteroatoms. The number of amides is 1. The van der Waals surface area contributed by atoms with E-state index >= 15 is 0 Å². The monoisotopic (exact) mass is 358 g/mol. The summed E-state index contributed by atoms with van der Waals surface area (Å²) < 4.78 is 0.780. The van der Waals surface area contributed by atoms with Crippen molar-refractivity contribution >= 4 is 33.4 Å². The first-order valence-electron chi connectivity index (χ1n) is 7.08. The number of hydrogen-bond donors (Lipinski definition) is 1. The van der Waals surface area contributed by atoms with Gasteiger partial charge >= 0.3 is 0 Å². The largest absolute Gasteiger partial charge is 0.349 e. The van der Waals surface area contributed by atoms with Crippen molar-refractivity contribution < 1.29 is 4.79 Å². The van der Waals surface area contributed by atoms with Crippen LogP contribution < -0.4 is 5.32 Å². The average Bonchev–Trinajstić information content (AvgIpc) is 2.44. The summed E-state index contributed by atoms with van der Waals surface area (Å²) in [5.74, 6) is -0.0479. The second kappa shape index (κ2) is 7.43. The molecular weight excluding hydrogens is 340 g/mol. The molecule has 0 aliphatic carbocycles. The van der Waals surface area contributed by atoms with Crippen molar-refractivity contribution in [2.75, 3.05) is 19.6 Å². The maximum Gasteiger partial charge on any atom is 0.252 e. The van der Waals surface area contributed by atoms with Crippen LogP contribution in [0, 0.1) is 0 Å². The molecule has 1 aliphatic rings. The van der Waals surface area contributed by atoms with Crippen LogP contribution in [0.5, 0.6) is 0 Å². The van der Waals surface area contributed by atoms with E-state index in [1.165, 1.54) is 6.42 Å². The predicted molar refractivity (Wildman–Crippen MR) is 86.4 cm³/mol. The van der Waals surface area contributed by atoms with Gasteiger partial charge < -0.3 is 10.2 Å². The zero-order valence-electron chi connectivity index (χ0n) is 11.7. The van der Waals surface area contributed by atoms with Gasteiger partial charge in [-0.25, -0.2) is 0 Å². The van der Waals surface area contributed by atoms with Crippen molar-refractivity contribution in [1.29, 1.82) is 0 Å². The van der Waals surface area contributed by atoms with E-state index in [2.05, 4.69) is 33.1 Å². The number of rotatable bonds is 4. The van der Waals surface area contributed by atoms with Gasteiger partial charge in [0.15, 0.2) is 0 Å². The summed E-state index contributed by atoms with van der Waals surface area (Å²) in [4.78, 5) is 14.7. The molecule has 1 amide bonds. The van der Waals surface area contributed by atoms with Crippen molar-refractivity contribution in [3.63, 3.8) is 0 Å². The predicted octanol–water partition coefficient (Wildman–Crippen LogP) is 3.71. The van der Waals surface area contributed by atoms with Crippen LogP contribution in [0.1, 0.15) is 36.5 Å². The normalized spacial score (nSPS) is 17.1. The molecule has 0 spiro atoms. The molecule has 0 aromatic heterocycles. The minimum absolute atomic E-state index is 0.0479. The number of nitrogens with one attached hydrogen (secondary N) is 1. The molecule has 110 valence electrons. The number of likely N-dealkylation sites (tertiary alicyclic amines) is 1. The standard InChI is InChI=1S/C15H20BrClN2O/c1-2-7-19-8-5-12(6-9-19)18-15(20)13-10-11(17)3-4-14(13)16/h3-4,10,12H,2,5-9H2,1H3,(H,18,20). The van der Waals surface area contributed by atoms with Crippen LogP contribution in [0.4, 0.5) is 0 Å². The fourth-order valence-corrected chi connectivity index (χ4v) is 3.15. The molecule has 1 aliphatic heterocycles. The number of carbonyl (C=O) groups is 1. The highest BCUT2D eigenvalue weighted by Gasteiger charge is 2.21. The molecule has 1 saturated heterocycles. The van der Waals surface area contributed by atoms with E-state index in [0.717, 1.165) is 36.9 Å². The highest BCUT2D eigenvalue weighted by Crippen LogP contribution is 2.21. The summed E-state index contributed by atoms with van der Waals surface area (Å²) in [5, 5.41) is 3.69. The lowest BCUT2D eigenvalue weighted by atomic mass is 10.0. The van der Waals surface area contributed by atoms with Crippen molar-refractivity contribution in [2.24, 2.45) is 0 Å². The Morgan fingerprint density at radius 3 is 2.80 bits per heavy atom. The minimum Gasteiger partial charge on any atom is -0.349 e. The lowest BCUT2D eigenvalue weighted by Crippen LogP contribution is -2.44. The van der Waals surface area contributed by atoms with Crippen LogP contribution in [-0.2, 0) is 0 Å². The first kappa shape index (κ1) is 15.8. The van der Waals surface area contributed by atoms with Gasteiger partial charge in [0.25, 0.3) is 5.91 Å². The highest BCUT2D eigenvalue weighted by molar-refractivity contribution is 9.10. The van der Waals surface area contributed by atoms with Crippen LogP contribution in [0.3, 0.4) is 0 Å². The fraction of sp³-hybridized carbons (Fsp3) is 0.533. The van der Waals surface area contributed by atoms with Gasteiger partial charge in [0.05, 0.1) is 5.56 Å². The van der Waals surface area contributed by atoms with Crippen LogP contribution >= 0.6 is 27.5 Å². The van der Waals surface area contributed by atoms with Crippen molar-refractivity contribution in [3.8, 4) is 0 Å². The van der Waals surface area contributed by atoms with Crippen LogP contribution in [0.2, 0.25) is 5.02 Å². The third kappa shape index (κ3) is 4.21. The van der Waals surface area contributed by atoms with E-state index in [1.54, 1.807) is 18.2 Å². The maximum absolute atomic E-state index is 12.3. The molecule has 1 fully saturated rings. The molecule has 0 radical (unpaired) electrons. The number of halogens is 2. The number of piperidine rings is 1. The Kier molecular flexibility index (Phi) is 5.87. The molecule has 1 heterocycles. The van der Waals surface area contributed by atoms with Crippen LogP contribution in [0.25, 0.3) is 0 Å². The lowest BCUT2D eigenvalue weighted by Gasteiger charge is -2.32.